The fraction of sp³-hybridized carbons (Fsp3) is 0.833. The van der Waals surface area contributed by atoms with E-state index >= 15 is 0 Å². The first-order valence-electron chi connectivity index (χ1n) is 8.77. The van der Waals surface area contributed by atoms with Crippen molar-refractivity contribution in [2.24, 2.45) is 0 Å². The fourth-order valence-corrected chi connectivity index (χ4v) is 4.49. The fourth-order valence-electron chi connectivity index (χ4n) is 3.23. The average molecular weight is 307 g/mol. The molecule has 1 heterocycles. The standard InChI is InChI=1S/C18H30N2S/c1-18(2,3)19-12-15-16(13-10-11-13)20-17(21-15)14-8-6-4-5-7-9-14/h13-14,19H,4-12H2,1-3H3. The van der Waals surface area contributed by atoms with E-state index in [1.165, 1.54) is 66.9 Å². The van der Waals surface area contributed by atoms with Crippen LogP contribution in [0.15, 0.2) is 0 Å². The molecule has 0 atom stereocenters. The molecule has 0 bridgehead atoms. The van der Waals surface area contributed by atoms with Crippen LogP contribution in [0.5, 0.6) is 0 Å². The zero-order chi connectivity index (χ0) is 14.9. The lowest BCUT2D eigenvalue weighted by atomic mass is 10.0. The lowest BCUT2D eigenvalue weighted by molar-refractivity contribution is 0.425. The first-order chi connectivity index (χ1) is 10.0. The largest absolute Gasteiger partial charge is 0.307 e. The highest BCUT2D eigenvalue weighted by atomic mass is 32.1. The second-order valence-electron chi connectivity index (χ2n) is 7.93. The molecule has 3 rings (SSSR count). The Labute approximate surface area is 133 Å². The Morgan fingerprint density at radius 1 is 1.00 bits per heavy atom. The maximum Gasteiger partial charge on any atom is 0.0962 e. The predicted octanol–water partition coefficient (Wildman–Crippen LogP) is 5.35. The van der Waals surface area contributed by atoms with Gasteiger partial charge in [0.15, 0.2) is 0 Å². The minimum absolute atomic E-state index is 0.188. The molecule has 2 nitrogen and oxygen atoms in total. The lowest BCUT2D eigenvalue weighted by Gasteiger charge is -2.20. The van der Waals surface area contributed by atoms with Gasteiger partial charge < -0.3 is 5.32 Å². The minimum Gasteiger partial charge on any atom is -0.307 e. The van der Waals surface area contributed by atoms with Gasteiger partial charge in [-0.3, -0.25) is 0 Å². The molecule has 0 aromatic carbocycles. The van der Waals surface area contributed by atoms with E-state index in [1.54, 1.807) is 0 Å². The zero-order valence-corrected chi connectivity index (χ0v) is 14.7. The Kier molecular flexibility index (Phi) is 4.70. The molecule has 0 unspecified atom stereocenters. The Morgan fingerprint density at radius 3 is 2.24 bits per heavy atom. The van der Waals surface area contributed by atoms with Gasteiger partial charge in [-0.15, -0.1) is 11.3 Å². The summed E-state index contributed by atoms with van der Waals surface area (Å²) in [6.45, 7) is 7.74. The molecule has 2 fully saturated rings. The highest BCUT2D eigenvalue weighted by Gasteiger charge is 2.31. The van der Waals surface area contributed by atoms with E-state index in [9.17, 15) is 0 Å². The number of aromatic nitrogens is 1. The van der Waals surface area contributed by atoms with E-state index in [0.717, 1.165) is 18.4 Å². The van der Waals surface area contributed by atoms with E-state index in [-0.39, 0.29) is 5.54 Å². The number of hydrogen-bond acceptors (Lipinski definition) is 3. The average Bonchev–Trinajstić information content (AvgIpc) is 3.21. The first kappa shape index (κ1) is 15.5. The van der Waals surface area contributed by atoms with Crippen LogP contribution < -0.4 is 5.32 Å². The molecule has 21 heavy (non-hydrogen) atoms. The summed E-state index contributed by atoms with van der Waals surface area (Å²) in [4.78, 5) is 6.64. The van der Waals surface area contributed by atoms with Crippen molar-refractivity contribution in [3.8, 4) is 0 Å². The normalized spacial score (nSPS) is 21.5. The van der Waals surface area contributed by atoms with Crippen molar-refractivity contribution < 1.29 is 0 Å². The Balaban J connectivity index is 1.75. The minimum atomic E-state index is 0.188. The van der Waals surface area contributed by atoms with Gasteiger partial charge >= 0.3 is 0 Å². The summed E-state index contributed by atoms with van der Waals surface area (Å²) in [6.07, 6.45) is 11.1. The van der Waals surface area contributed by atoms with E-state index in [2.05, 4.69) is 26.1 Å². The van der Waals surface area contributed by atoms with E-state index in [0.29, 0.717) is 0 Å². The summed E-state index contributed by atoms with van der Waals surface area (Å²) in [5.74, 6) is 1.52. The number of thiazole rings is 1. The molecule has 3 heteroatoms. The van der Waals surface area contributed by atoms with E-state index in [1.807, 2.05) is 11.3 Å². The Morgan fingerprint density at radius 2 is 1.67 bits per heavy atom. The molecule has 0 radical (unpaired) electrons. The van der Waals surface area contributed by atoms with Crippen LogP contribution in [0.3, 0.4) is 0 Å². The molecule has 1 N–H and O–H groups in total. The summed E-state index contributed by atoms with van der Waals surface area (Å²) in [6, 6.07) is 0. The number of nitrogens with zero attached hydrogens (tertiary/aromatic N) is 1. The highest BCUT2D eigenvalue weighted by Crippen LogP contribution is 2.45. The molecular weight excluding hydrogens is 276 g/mol. The molecule has 0 aliphatic heterocycles. The molecule has 1 aromatic heterocycles. The van der Waals surface area contributed by atoms with E-state index in [4.69, 9.17) is 4.98 Å². The van der Waals surface area contributed by atoms with Crippen molar-refractivity contribution in [1.29, 1.82) is 0 Å². The van der Waals surface area contributed by atoms with Crippen LogP contribution in [0.4, 0.5) is 0 Å². The van der Waals surface area contributed by atoms with Crippen LogP contribution in [0.2, 0.25) is 0 Å². The SMILES string of the molecule is CC(C)(C)NCc1sc(C2CCCCCC2)nc1C1CC1. The molecule has 2 saturated carbocycles. The Hall–Kier alpha value is -0.410. The van der Waals surface area contributed by atoms with Crippen molar-refractivity contribution in [2.75, 3.05) is 0 Å². The Bertz CT molecular complexity index is 460. The van der Waals surface area contributed by atoms with Crippen molar-refractivity contribution in [3.63, 3.8) is 0 Å². The lowest BCUT2D eigenvalue weighted by Crippen LogP contribution is -2.35. The zero-order valence-electron chi connectivity index (χ0n) is 13.9. The number of hydrogen-bond donors (Lipinski definition) is 1. The third-order valence-electron chi connectivity index (χ3n) is 4.69. The van der Waals surface area contributed by atoms with Crippen LogP contribution in [0, 0.1) is 0 Å². The molecule has 2 aliphatic rings. The maximum atomic E-state index is 5.12. The van der Waals surface area contributed by atoms with Gasteiger partial charge in [0.25, 0.3) is 0 Å². The molecule has 0 spiro atoms. The van der Waals surface area contributed by atoms with Gasteiger partial charge in [-0.05, 0) is 46.5 Å². The molecular formula is C18H30N2S. The number of rotatable bonds is 4. The summed E-state index contributed by atoms with van der Waals surface area (Å²) in [5.41, 5.74) is 1.63. The van der Waals surface area contributed by atoms with Gasteiger partial charge in [0.05, 0.1) is 10.7 Å². The van der Waals surface area contributed by atoms with Crippen molar-refractivity contribution in [3.05, 3.63) is 15.6 Å². The summed E-state index contributed by atoms with van der Waals surface area (Å²) in [5, 5.41) is 5.11. The van der Waals surface area contributed by atoms with Crippen molar-refractivity contribution in [2.45, 2.75) is 96.1 Å². The quantitative estimate of drug-likeness (QED) is 0.759. The maximum absolute atomic E-state index is 5.12. The van der Waals surface area contributed by atoms with Crippen LogP contribution in [-0.4, -0.2) is 10.5 Å². The molecule has 1 aromatic rings. The van der Waals surface area contributed by atoms with E-state index < -0.39 is 0 Å². The monoisotopic (exact) mass is 306 g/mol. The van der Waals surface area contributed by atoms with Gasteiger partial charge in [-0.1, -0.05) is 25.7 Å². The van der Waals surface area contributed by atoms with Gasteiger partial charge in [-0.2, -0.15) is 0 Å². The third kappa shape index (κ3) is 4.29. The number of nitrogens with one attached hydrogen (secondary N) is 1. The molecule has 118 valence electrons. The highest BCUT2D eigenvalue weighted by molar-refractivity contribution is 7.11. The summed E-state index contributed by atoms with van der Waals surface area (Å²) >= 11 is 2.01. The molecule has 2 aliphatic carbocycles. The van der Waals surface area contributed by atoms with Crippen molar-refractivity contribution >= 4 is 11.3 Å². The topological polar surface area (TPSA) is 24.9 Å². The third-order valence-corrected chi connectivity index (χ3v) is 5.93. The van der Waals surface area contributed by atoms with Gasteiger partial charge in [-0.25, -0.2) is 4.98 Å². The molecule has 0 saturated heterocycles. The van der Waals surface area contributed by atoms with Crippen LogP contribution >= 0.6 is 11.3 Å². The summed E-state index contributed by atoms with van der Waals surface area (Å²) in [7, 11) is 0. The van der Waals surface area contributed by atoms with Crippen molar-refractivity contribution in [1.82, 2.24) is 10.3 Å². The first-order valence-corrected chi connectivity index (χ1v) is 9.59. The second kappa shape index (κ2) is 6.37. The van der Waals surface area contributed by atoms with Crippen LogP contribution in [0.25, 0.3) is 0 Å². The van der Waals surface area contributed by atoms with Crippen LogP contribution in [0.1, 0.15) is 99.6 Å². The summed E-state index contributed by atoms with van der Waals surface area (Å²) < 4.78 is 0. The van der Waals surface area contributed by atoms with Gasteiger partial charge in [0.2, 0.25) is 0 Å². The molecule has 0 amide bonds. The smallest absolute Gasteiger partial charge is 0.0962 e. The van der Waals surface area contributed by atoms with Gasteiger partial charge in [0.1, 0.15) is 0 Å². The predicted molar refractivity (Wildman–Crippen MR) is 91.1 cm³/mol. The van der Waals surface area contributed by atoms with Crippen LogP contribution in [-0.2, 0) is 6.54 Å². The second-order valence-corrected chi connectivity index (χ2v) is 9.04. The van der Waals surface area contributed by atoms with Gasteiger partial charge in [0, 0.05) is 28.8 Å².